The Kier molecular flexibility index (Phi) is 5.27. The van der Waals surface area contributed by atoms with E-state index in [-0.39, 0.29) is 6.54 Å². The Labute approximate surface area is 84.7 Å². The van der Waals surface area contributed by atoms with Crippen molar-refractivity contribution in [1.82, 2.24) is 5.32 Å². The van der Waals surface area contributed by atoms with Crippen LogP contribution in [0.1, 0.15) is 6.42 Å². The molecule has 0 aliphatic carbocycles. The van der Waals surface area contributed by atoms with Gasteiger partial charge in [-0.15, -0.1) is 0 Å². The van der Waals surface area contributed by atoms with Gasteiger partial charge in [-0.25, -0.2) is 0 Å². The SMILES string of the molecule is N[C@@H](CN[C@@H](CC(=O)O)C(=O)O)C(=O)O. The average Bonchev–Trinajstić information content (AvgIpc) is 2.10. The average molecular weight is 220 g/mol. The molecule has 0 amide bonds. The summed E-state index contributed by atoms with van der Waals surface area (Å²) in [5.41, 5.74) is 5.09. The van der Waals surface area contributed by atoms with Crippen LogP contribution in [0.15, 0.2) is 0 Å². The van der Waals surface area contributed by atoms with Crippen LogP contribution in [-0.4, -0.2) is 51.9 Å². The zero-order chi connectivity index (χ0) is 12.0. The highest BCUT2D eigenvalue weighted by Gasteiger charge is 2.22. The molecule has 6 N–H and O–H groups in total. The van der Waals surface area contributed by atoms with E-state index in [1.807, 2.05) is 0 Å². The molecule has 0 aliphatic heterocycles. The third-order valence-electron chi connectivity index (χ3n) is 1.58. The number of carboxylic acid groups (broad SMARTS) is 3. The molecule has 0 heterocycles. The molecule has 0 bridgehead atoms. The Hall–Kier alpha value is -1.67. The molecule has 0 rings (SSSR count). The quantitative estimate of drug-likeness (QED) is 0.328. The summed E-state index contributed by atoms with van der Waals surface area (Å²) in [4.78, 5) is 31.0. The summed E-state index contributed by atoms with van der Waals surface area (Å²) in [7, 11) is 0. The molecule has 0 unspecified atom stereocenters. The third-order valence-corrected chi connectivity index (χ3v) is 1.58. The van der Waals surface area contributed by atoms with Gasteiger partial charge in [0.05, 0.1) is 6.42 Å². The Morgan fingerprint density at radius 2 is 1.67 bits per heavy atom. The zero-order valence-corrected chi connectivity index (χ0v) is 7.71. The Bertz CT molecular complexity index is 266. The summed E-state index contributed by atoms with van der Waals surface area (Å²) in [5, 5.41) is 27.5. The van der Waals surface area contributed by atoms with Gasteiger partial charge in [-0.3, -0.25) is 14.4 Å². The van der Waals surface area contributed by atoms with Gasteiger partial charge in [0, 0.05) is 6.54 Å². The second-order valence-corrected chi connectivity index (χ2v) is 2.84. The molecule has 0 aromatic rings. The van der Waals surface area contributed by atoms with E-state index in [0.29, 0.717) is 0 Å². The molecule has 0 fully saturated rings. The van der Waals surface area contributed by atoms with Gasteiger partial charge in [0.15, 0.2) is 0 Å². The summed E-state index contributed by atoms with van der Waals surface area (Å²) >= 11 is 0. The Morgan fingerprint density at radius 1 is 1.13 bits per heavy atom. The highest BCUT2D eigenvalue weighted by atomic mass is 16.4. The summed E-state index contributed by atoms with van der Waals surface area (Å²) in [6.07, 6.45) is -0.637. The van der Waals surface area contributed by atoms with Crippen LogP contribution in [0.3, 0.4) is 0 Å². The molecule has 0 aromatic heterocycles. The molecule has 0 saturated heterocycles. The number of aliphatic carboxylic acids is 3. The van der Waals surface area contributed by atoms with Crippen LogP contribution in [0.2, 0.25) is 0 Å². The maximum Gasteiger partial charge on any atom is 0.321 e. The van der Waals surface area contributed by atoms with Gasteiger partial charge in [0.25, 0.3) is 0 Å². The number of rotatable bonds is 7. The molecule has 8 heteroatoms. The summed E-state index contributed by atoms with van der Waals surface area (Å²) < 4.78 is 0. The van der Waals surface area contributed by atoms with Gasteiger partial charge in [-0.05, 0) is 0 Å². The van der Waals surface area contributed by atoms with Gasteiger partial charge >= 0.3 is 17.9 Å². The minimum Gasteiger partial charge on any atom is -0.481 e. The smallest absolute Gasteiger partial charge is 0.321 e. The lowest BCUT2D eigenvalue weighted by Crippen LogP contribution is -2.47. The van der Waals surface area contributed by atoms with Crippen LogP contribution in [0.25, 0.3) is 0 Å². The first-order chi connectivity index (χ1) is 6.84. The van der Waals surface area contributed by atoms with E-state index in [1.165, 1.54) is 0 Å². The van der Waals surface area contributed by atoms with Crippen LogP contribution in [0, 0.1) is 0 Å². The van der Waals surface area contributed by atoms with Gasteiger partial charge in [0.1, 0.15) is 12.1 Å². The minimum absolute atomic E-state index is 0.306. The van der Waals surface area contributed by atoms with Gasteiger partial charge in [-0.1, -0.05) is 0 Å². The number of hydrogen-bond donors (Lipinski definition) is 5. The van der Waals surface area contributed by atoms with Crippen LogP contribution in [-0.2, 0) is 14.4 Å². The number of nitrogens with one attached hydrogen (secondary N) is 1. The number of carbonyl (C=O) groups is 3. The fraction of sp³-hybridized carbons (Fsp3) is 0.571. The first-order valence-electron chi connectivity index (χ1n) is 4.01. The molecular formula is C7H12N2O6. The van der Waals surface area contributed by atoms with Crippen molar-refractivity contribution in [3.8, 4) is 0 Å². The molecule has 0 saturated carbocycles. The Morgan fingerprint density at radius 3 is 2.00 bits per heavy atom. The van der Waals surface area contributed by atoms with Crippen LogP contribution in [0.4, 0.5) is 0 Å². The van der Waals surface area contributed by atoms with E-state index < -0.39 is 36.4 Å². The Balaban J connectivity index is 4.13. The molecule has 0 radical (unpaired) electrons. The maximum atomic E-state index is 10.5. The molecule has 8 nitrogen and oxygen atoms in total. The summed E-state index contributed by atoms with van der Waals surface area (Å²) in [6.45, 7) is -0.306. The summed E-state index contributed by atoms with van der Waals surface area (Å²) in [6, 6.07) is -2.60. The lowest BCUT2D eigenvalue weighted by atomic mass is 10.2. The zero-order valence-electron chi connectivity index (χ0n) is 7.71. The second-order valence-electron chi connectivity index (χ2n) is 2.84. The van der Waals surface area contributed by atoms with E-state index in [2.05, 4.69) is 5.32 Å². The fourth-order valence-electron chi connectivity index (χ4n) is 0.778. The lowest BCUT2D eigenvalue weighted by Gasteiger charge is -2.13. The highest BCUT2D eigenvalue weighted by Crippen LogP contribution is 1.92. The van der Waals surface area contributed by atoms with Gasteiger partial charge < -0.3 is 26.4 Å². The largest absolute Gasteiger partial charge is 0.481 e. The third kappa shape index (κ3) is 5.60. The van der Waals surface area contributed by atoms with Crippen molar-refractivity contribution in [1.29, 1.82) is 0 Å². The predicted molar refractivity (Wildman–Crippen MR) is 47.3 cm³/mol. The van der Waals surface area contributed by atoms with E-state index in [4.69, 9.17) is 21.1 Å². The minimum atomic E-state index is -1.37. The monoisotopic (exact) mass is 220 g/mol. The fourth-order valence-corrected chi connectivity index (χ4v) is 0.778. The summed E-state index contributed by atoms with van der Waals surface area (Å²) in [5.74, 6) is -3.95. The topological polar surface area (TPSA) is 150 Å². The van der Waals surface area contributed by atoms with Crippen molar-refractivity contribution in [3.63, 3.8) is 0 Å². The van der Waals surface area contributed by atoms with Crippen molar-refractivity contribution in [2.45, 2.75) is 18.5 Å². The van der Waals surface area contributed by atoms with E-state index in [0.717, 1.165) is 0 Å². The number of nitrogens with two attached hydrogens (primary N) is 1. The molecule has 2 atom stereocenters. The van der Waals surface area contributed by atoms with Crippen LogP contribution in [0.5, 0.6) is 0 Å². The molecule has 86 valence electrons. The van der Waals surface area contributed by atoms with Crippen molar-refractivity contribution in [3.05, 3.63) is 0 Å². The van der Waals surface area contributed by atoms with Crippen molar-refractivity contribution < 1.29 is 29.7 Å². The van der Waals surface area contributed by atoms with E-state index >= 15 is 0 Å². The second kappa shape index (κ2) is 5.94. The first kappa shape index (κ1) is 13.3. The number of hydrogen-bond acceptors (Lipinski definition) is 5. The van der Waals surface area contributed by atoms with Gasteiger partial charge in [0.2, 0.25) is 0 Å². The maximum absolute atomic E-state index is 10.5. The van der Waals surface area contributed by atoms with Crippen molar-refractivity contribution in [2.24, 2.45) is 5.73 Å². The van der Waals surface area contributed by atoms with E-state index in [9.17, 15) is 14.4 Å². The number of carboxylic acids is 3. The van der Waals surface area contributed by atoms with Crippen LogP contribution < -0.4 is 11.1 Å². The molecule has 0 spiro atoms. The van der Waals surface area contributed by atoms with Crippen molar-refractivity contribution >= 4 is 17.9 Å². The first-order valence-corrected chi connectivity index (χ1v) is 4.01. The highest BCUT2D eigenvalue weighted by molar-refractivity contribution is 5.80. The van der Waals surface area contributed by atoms with Gasteiger partial charge in [-0.2, -0.15) is 0 Å². The van der Waals surface area contributed by atoms with Crippen LogP contribution >= 0.6 is 0 Å². The molecule has 0 aliphatic rings. The standard InChI is InChI=1S/C7H12N2O6/c8-3(6(12)13)2-9-4(7(14)15)1-5(10)11/h3-4,9H,1-2,8H2,(H,10,11)(H,12,13)(H,14,15)/t3-,4-/m0/s1. The lowest BCUT2D eigenvalue weighted by molar-refractivity contribution is -0.146. The van der Waals surface area contributed by atoms with E-state index in [1.54, 1.807) is 0 Å². The normalized spacial score (nSPS) is 14.2. The molecule has 15 heavy (non-hydrogen) atoms. The molecular weight excluding hydrogens is 208 g/mol. The van der Waals surface area contributed by atoms with Crippen molar-refractivity contribution in [2.75, 3.05) is 6.54 Å². The molecule has 0 aromatic carbocycles. The predicted octanol–water partition coefficient (Wildman–Crippen LogP) is -2.08.